The Morgan fingerprint density at radius 3 is 2.44 bits per heavy atom. The molecule has 3 heterocycles. The molecule has 3 fully saturated rings. The summed E-state index contributed by atoms with van der Waals surface area (Å²) in [4.78, 5) is 31.5. The van der Waals surface area contributed by atoms with Crippen LogP contribution in [0.2, 0.25) is 5.02 Å². The summed E-state index contributed by atoms with van der Waals surface area (Å²) in [6.45, 7) is 3.26. The quantitative estimate of drug-likeness (QED) is 0.672. The fourth-order valence-electron chi connectivity index (χ4n) is 4.99. The number of nitrogens with zero attached hydrogens (tertiary/aromatic N) is 5. The number of carbonyl (C=O) groups is 2. The lowest BCUT2D eigenvalue weighted by Gasteiger charge is -2.35. The molecule has 1 aromatic heterocycles. The summed E-state index contributed by atoms with van der Waals surface area (Å²) < 4.78 is 0. The minimum absolute atomic E-state index is 0.00610. The van der Waals surface area contributed by atoms with Gasteiger partial charge in [0, 0.05) is 55.8 Å². The minimum Gasteiger partial charge on any atom is -0.343 e. The number of halogens is 1. The number of aromatic nitrogens is 2. The maximum atomic E-state index is 13.1. The lowest BCUT2D eigenvalue weighted by atomic mass is 9.90. The van der Waals surface area contributed by atoms with Gasteiger partial charge in [-0.2, -0.15) is 0 Å². The highest BCUT2D eigenvalue weighted by molar-refractivity contribution is 7.15. The number of anilines is 2. The van der Waals surface area contributed by atoms with Crippen LogP contribution in [-0.2, 0) is 9.59 Å². The average Bonchev–Trinajstić information content (AvgIpc) is 3.47. The highest BCUT2D eigenvalue weighted by Crippen LogP contribution is 2.36. The Balaban J connectivity index is 1.16. The van der Waals surface area contributed by atoms with Crippen molar-refractivity contribution < 1.29 is 9.59 Å². The van der Waals surface area contributed by atoms with Gasteiger partial charge in [-0.25, -0.2) is 0 Å². The van der Waals surface area contributed by atoms with E-state index >= 15 is 0 Å². The second kappa shape index (κ2) is 9.35. The van der Waals surface area contributed by atoms with Crippen molar-refractivity contribution in [2.75, 3.05) is 42.5 Å². The maximum absolute atomic E-state index is 13.1. The van der Waals surface area contributed by atoms with Crippen LogP contribution >= 0.6 is 22.9 Å². The molecule has 2 amide bonds. The number of rotatable bonds is 4. The fraction of sp³-hybridized carbons (Fsp3) is 0.565. The highest BCUT2D eigenvalue weighted by atomic mass is 35.5. The Morgan fingerprint density at radius 1 is 1.00 bits per heavy atom. The summed E-state index contributed by atoms with van der Waals surface area (Å²) in [5, 5.41) is 11.7. The van der Waals surface area contributed by atoms with Crippen molar-refractivity contribution in [3.8, 4) is 0 Å². The largest absolute Gasteiger partial charge is 0.343 e. The molecule has 2 aromatic rings. The second-order valence-electron chi connectivity index (χ2n) is 8.95. The summed E-state index contributed by atoms with van der Waals surface area (Å²) >= 11 is 7.68. The SMILES string of the molecule is O=C(C1CC(=O)N(c2ccc(Cl)cc2)C1)N1CCN(c2nnc(C3CCCCC3)s2)CC1. The molecule has 1 saturated carbocycles. The maximum Gasteiger partial charge on any atom is 0.228 e. The van der Waals surface area contributed by atoms with Crippen LogP contribution in [0.5, 0.6) is 0 Å². The zero-order valence-electron chi connectivity index (χ0n) is 18.1. The third-order valence-electron chi connectivity index (χ3n) is 6.86. The van der Waals surface area contributed by atoms with E-state index in [4.69, 9.17) is 11.6 Å². The zero-order valence-corrected chi connectivity index (χ0v) is 19.7. The summed E-state index contributed by atoms with van der Waals surface area (Å²) in [6.07, 6.45) is 6.64. The molecule has 170 valence electrons. The van der Waals surface area contributed by atoms with Crippen LogP contribution in [0.25, 0.3) is 0 Å². The average molecular weight is 474 g/mol. The third-order valence-corrected chi connectivity index (χ3v) is 8.26. The van der Waals surface area contributed by atoms with Crippen LogP contribution in [0.3, 0.4) is 0 Å². The van der Waals surface area contributed by atoms with Crippen LogP contribution in [0.4, 0.5) is 10.8 Å². The molecule has 1 unspecified atom stereocenters. The summed E-state index contributed by atoms with van der Waals surface area (Å²) in [5.74, 6) is 0.355. The van der Waals surface area contributed by atoms with E-state index in [-0.39, 0.29) is 24.2 Å². The molecule has 2 aliphatic heterocycles. The summed E-state index contributed by atoms with van der Waals surface area (Å²) in [7, 11) is 0. The Hall–Kier alpha value is -2.19. The lowest BCUT2D eigenvalue weighted by Crippen LogP contribution is -2.50. The zero-order chi connectivity index (χ0) is 22.1. The fourth-order valence-corrected chi connectivity index (χ4v) is 6.18. The van der Waals surface area contributed by atoms with E-state index in [2.05, 4.69) is 15.1 Å². The predicted molar refractivity (Wildman–Crippen MR) is 126 cm³/mol. The van der Waals surface area contributed by atoms with Gasteiger partial charge < -0.3 is 14.7 Å². The summed E-state index contributed by atoms with van der Waals surface area (Å²) in [6, 6.07) is 7.20. The lowest BCUT2D eigenvalue weighted by molar-refractivity contribution is -0.136. The monoisotopic (exact) mass is 473 g/mol. The van der Waals surface area contributed by atoms with Gasteiger partial charge in [0.05, 0.1) is 5.92 Å². The molecule has 9 heteroatoms. The van der Waals surface area contributed by atoms with Crippen molar-refractivity contribution in [3.63, 3.8) is 0 Å². The Morgan fingerprint density at radius 2 is 1.72 bits per heavy atom. The van der Waals surface area contributed by atoms with Crippen molar-refractivity contribution >= 4 is 45.6 Å². The molecule has 32 heavy (non-hydrogen) atoms. The molecule has 0 radical (unpaired) electrons. The van der Waals surface area contributed by atoms with Gasteiger partial charge in [0.15, 0.2) is 0 Å². The Bertz CT molecular complexity index is 967. The first-order valence-corrected chi connectivity index (χ1v) is 12.7. The Kier molecular flexibility index (Phi) is 6.33. The normalized spacial score (nSPS) is 22.6. The van der Waals surface area contributed by atoms with Crippen molar-refractivity contribution in [2.45, 2.75) is 44.4 Å². The Labute approximate surface area is 197 Å². The standard InChI is InChI=1S/C23H28ClN5O2S/c24-18-6-8-19(9-7-18)29-15-17(14-20(29)30)22(31)27-10-12-28(13-11-27)23-26-25-21(32-23)16-4-2-1-3-5-16/h6-9,16-17H,1-5,10-15H2. The van der Waals surface area contributed by atoms with E-state index < -0.39 is 0 Å². The second-order valence-corrected chi connectivity index (χ2v) is 10.4. The van der Waals surface area contributed by atoms with E-state index in [1.165, 1.54) is 37.1 Å². The molecule has 1 aliphatic carbocycles. The topological polar surface area (TPSA) is 69.6 Å². The first-order chi connectivity index (χ1) is 15.6. The van der Waals surface area contributed by atoms with Crippen LogP contribution in [0.15, 0.2) is 24.3 Å². The van der Waals surface area contributed by atoms with Crippen LogP contribution in [0.1, 0.15) is 49.5 Å². The number of piperazine rings is 1. The predicted octanol–water partition coefficient (Wildman–Crippen LogP) is 3.94. The van der Waals surface area contributed by atoms with E-state index in [0.717, 1.165) is 23.9 Å². The van der Waals surface area contributed by atoms with Gasteiger partial charge in [-0.05, 0) is 37.1 Å². The number of carbonyl (C=O) groups excluding carboxylic acids is 2. The molecular formula is C23H28ClN5O2S. The van der Waals surface area contributed by atoms with Gasteiger partial charge in [-0.15, -0.1) is 10.2 Å². The molecule has 3 aliphatic rings. The van der Waals surface area contributed by atoms with Gasteiger partial charge in [0.1, 0.15) is 5.01 Å². The van der Waals surface area contributed by atoms with E-state index in [1.54, 1.807) is 28.4 Å². The van der Waals surface area contributed by atoms with Crippen LogP contribution in [0, 0.1) is 5.92 Å². The molecular weight excluding hydrogens is 446 g/mol. The van der Waals surface area contributed by atoms with Crippen molar-refractivity contribution in [1.29, 1.82) is 0 Å². The van der Waals surface area contributed by atoms with Gasteiger partial charge in [0.2, 0.25) is 16.9 Å². The summed E-state index contributed by atoms with van der Waals surface area (Å²) in [5.41, 5.74) is 0.796. The van der Waals surface area contributed by atoms with E-state index in [1.807, 2.05) is 17.0 Å². The molecule has 0 N–H and O–H groups in total. The highest BCUT2D eigenvalue weighted by Gasteiger charge is 2.38. The van der Waals surface area contributed by atoms with E-state index in [0.29, 0.717) is 30.6 Å². The molecule has 0 bridgehead atoms. The first kappa shape index (κ1) is 21.6. The van der Waals surface area contributed by atoms with Crippen molar-refractivity contribution in [1.82, 2.24) is 15.1 Å². The van der Waals surface area contributed by atoms with Gasteiger partial charge >= 0.3 is 0 Å². The molecule has 7 nitrogen and oxygen atoms in total. The molecule has 0 spiro atoms. The minimum atomic E-state index is -0.288. The van der Waals surface area contributed by atoms with Gasteiger partial charge in [0.25, 0.3) is 0 Å². The number of hydrogen-bond donors (Lipinski definition) is 0. The van der Waals surface area contributed by atoms with Gasteiger partial charge in [-0.3, -0.25) is 9.59 Å². The van der Waals surface area contributed by atoms with Gasteiger partial charge in [-0.1, -0.05) is 42.2 Å². The first-order valence-electron chi connectivity index (χ1n) is 11.5. The third kappa shape index (κ3) is 4.48. The number of amides is 2. The van der Waals surface area contributed by atoms with Crippen molar-refractivity contribution in [2.24, 2.45) is 5.92 Å². The smallest absolute Gasteiger partial charge is 0.228 e. The number of hydrogen-bond acceptors (Lipinski definition) is 6. The molecule has 1 aromatic carbocycles. The molecule has 5 rings (SSSR count). The number of benzene rings is 1. The van der Waals surface area contributed by atoms with Crippen LogP contribution < -0.4 is 9.80 Å². The van der Waals surface area contributed by atoms with E-state index in [9.17, 15) is 9.59 Å². The van der Waals surface area contributed by atoms with Crippen molar-refractivity contribution in [3.05, 3.63) is 34.3 Å². The van der Waals surface area contributed by atoms with Crippen LogP contribution in [-0.4, -0.2) is 59.6 Å². The molecule has 2 saturated heterocycles. The molecule has 1 atom stereocenters.